The van der Waals surface area contributed by atoms with Crippen LogP contribution >= 0.6 is 0 Å². The molecule has 0 saturated carbocycles. The standard InChI is InChI=1S/C67H56N4OSi/c1-66(2,3)46-38-39-68-62(40-46)71-56-34-21-37-60-63(56)64-57(71)42-49(43-61(64)73(60)58-35-17-13-30-52(58)67(4,5)53-31-14-18-36-59(53)73)72-48-27-19-26-47(41-48)69-54-32-15-16-33-55(54)70(6)65-50(44-22-9-7-10-23-44)28-20-29-51(65)45-24-11-8-12-25-45/h7-43,69H,1-6H3. The van der Waals surface area contributed by atoms with Gasteiger partial charge in [0, 0.05) is 58.4 Å². The van der Waals surface area contributed by atoms with Crippen molar-refractivity contribution in [3.8, 4) is 39.6 Å². The van der Waals surface area contributed by atoms with Gasteiger partial charge in [-0.05, 0) is 103 Å². The molecule has 4 heterocycles. The minimum Gasteiger partial charge on any atom is -0.457 e. The van der Waals surface area contributed by atoms with E-state index in [1.165, 1.54) is 64.9 Å². The lowest BCUT2D eigenvalue weighted by molar-refractivity contribution is 0.484. The van der Waals surface area contributed by atoms with Crippen molar-refractivity contribution in [2.75, 3.05) is 17.3 Å². The Morgan fingerprint density at radius 2 is 1.12 bits per heavy atom. The first kappa shape index (κ1) is 44.5. The summed E-state index contributed by atoms with van der Waals surface area (Å²) in [5.74, 6) is 2.46. The summed E-state index contributed by atoms with van der Waals surface area (Å²) in [6.07, 6.45) is 1.97. The molecule has 2 aliphatic heterocycles. The molecule has 0 radical (unpaired) electrons. The third-order valence-corrected chi connectivity index (χ3v) is 20.6. The smallest absolute Gasteiger partial charge is 0.181 e. The van der Waals surface area contributed by atoms with Crippen LogP contribution in [0.4, 0.5) is 22.7 Å². The largest absolute Gasteiger partial charge is 0.457 e. The Bertz CT molecular complexity index is 3850. The average molecular weight is 961 g/mol. The third-order valence-electron chi connectivity index (χ3n) is 15.7. The minimum atomic E-state index is -2.90. The zero-order valence-corrected chi connectivity index (χ0v) is 43.1. The predicted octanol–water partition coefficient (Wildman–Crippen LogP) is 14.4. The Morgan fingerprint density at radius 1 is 0.534 bits per heavy atom. The molecule has 0 saturated heterocycles. The van der Waals surface area contributed by atoms with Crippen molar-refractivity contribution >= 4 is 73.4 Å². The van der Waals surface area contributed by atoms with Gasteiger partial charge >= 0.3 is 0 Å². The number of anilines is 4. The van der Waals surface area contributed by atoms with Gasteiger partial charge in [-0.3, -0.25) is 4.57 Å². The zero-order chi connectivity index (χ0) is 49.6. The highest BCUT2D eigenvalue weighted by atomic mass is 28.3. The van der Waals surface area contributed by atoms with Gasteiger partial charge in [-0.1, -0.05) is 192 Å². The number of nitrogens with one attached hydrogen (secondary N) is 1. The van der Waals surface area contributed by atoms with Gasteiger partial charge in [-0.15, -0.1) is 0 Å². The van der Waals surface area contributed by atoms with Crippen molar-refractivity contribution in [1.82, 2.24) is 9.55 Å². The van der Waals surface area contributed by atoms with Gasteiger partial charge in [-0.25, -0.2) is 4.98 Å². The molecule has 0 aliphatic carbocycles. The number of rotatable bonds is 9. The van der Waals surface area contributed by atoms with Crippen LogP contribution in [0.25, 0.3) is 49.9 Å². The second-order valence-corrected chi connectivity index (χ2v) is 24.9. The van der Waals surface area contributed by atoms with Crippen LogP contribution in [-0.4, -0.2) is 24.7 Å². The van der Waals surface area contributed by atoms with Gasteiger partial charge in [0.05, 0.1) is 28.1 Å². The normalized spacial score (nSPS) is 13.8. The molecule has 9 aromatic carbocycles. The van der Waals surface area contributed by atoms with Crippen LogP contribution in [-0.2, 0) is 10.8 Å². The van der Waals surface area contributed by atoms with E-state index in [1.807, 2.05) is 6.20 Å². The molecule has 11 aromatic rings. The van der Waals surface area contributed by atoms with Crippen molar-refractivity contribution in [1.29, 1.82) is 0 Å². The zero-order valence-electron chi connectivity index (χ0n) is 42.1. The van der Waals surface area contributed by atoms with Gasteiger partial charge in [0.1, 0.15) is 17.3 Å². The number of fused-ring (bicyclic) bond motifs is 6. The van der Waals surface area contributed by atoms with E-state index in [4.69, 9.17) is 9.72 Å². The maximum atomic E-state index is 7.22. The van der Waals surface area contributed by atoms with Crippen LogP contribution in [0.15, 0.2) is 225 Å². The Balaban J connectivity index is 0.949. The number of nitrogens with zero attached hydrogens (tertiary/aromatic N) is 3. The number of para-hydroxylation sites is 3. The van der Waals surface area contributed by atoms with Crippen LogP contribution in [0.1, 0.15) is 51.3 Å². The van der Waals surface area contributed by atoms with E-state index in [-0.39, 0.29) is 10.8 Å². The van der Waals surface area contributed by atoms with Gasteiger partial charge < -0.3 is 15.0 Å². The summed E-state index contributed by atoms with van der Waals surface area (Å²) in [4.78, 5) is 7.43. The Labute approximate surface area is 429 Å². The van der Waals surface area contributed by atoms with E-state index in [1.54, 1.807) is 0 Å². The minimum absolute atomic E-state index is 0.0515. The lowest BCUT2D eigenvalue weighted by Gasteiger charge is -2.45. The molecule has 73 heavy (non-hydrogen) atoms. The number of benzene rings is 9. The number of ether oxygens (including phenoxy) is 1. The first-order valence-corrected chi connectivity index (χ1v) is 27.4. The molecule has 0 fully saturated rings. The molecule has 0 atom stereocenters. The molecule has 6 heteroatoms. The summed E-state index contributed by atoms with van der Waals surface area (Å²) in [5.41, 5.74) is 14.8. The highest BCUT2D eigenvalue weighted by Crippen LogP contribution is 2.46. The van der Waals surface area contributed by atoms with Crippen LogP contribution in [0, 0.1) is 0 Å². The predicted molar refractivity (Wildman–Crippen MR) is 308 cm³/mol. The number of aromatic nitrogens is 2. The van der Waals surface area contributed by atoms with E-state index in [0.29, 0.717) is 0 Å². The van der Waals surface area contributed by atoms with Gasteiger partial charge in [0.15, 0.2) is 8.07 Å². The SMILES string of the molecule is CN(c1ccccc1Nc1cccc(Oc2cc3c4c5c(cccc5n(-c5cc(C(C)(C)C)ccn5)c4c2)[Si]32c3ccccc3C(C)(C)c3ccccc32)c1)c1c(-c2ccccc2)cccc1-c1ccccc1. The molecule has 0 bridgehead atoms. The van der Waals surface area contributed by atoms with Crippen molar-refractivity contribution in [3.63, 3.8) is 0 Å². The van der Waals surface area contributed by atoms with E-state index in [9.17, 15) is 0 Å². The maximum Gasteiger partial charge on any atom is 0.181 e. The average Bonchev–Trinajstić information content (AvgIpc) is 3.95. The summed E-state index contributed by atoms with van der Waals surface area (Å²) >= 11 is 0. The molecule has 13 rings (SSSR count). The highest BCUT2D eigenvalue weighted by Gasteiger charge is 2.55. The maximum absolute atomic E-state index is 7.22. The highest BCUT2D eigenvalue weighted by molar-refractivity contribution is 7.24. The van der Waals surface area contributed by atoms with Crippen LogP contribution in [0.5, 0.6) is 11.5 Å². The Hall–Kier alpha value is -8.45. The first-order chi connectivity index (χ1) is 35.5. The lowest BCUT2D eigenvalue weighted by Crippen LogP contribution is -2.77. The summed E-state index contributed by atoms with van der Waals surface area (Å²) in [6.45, 7) is 11.6. The molecule has 2 aromatic heterocycles. The van der Waals surface area contributed by atoms with Crippen molar-refractivity contribution < 1.29 is 4.74 Å². The number of hydrogen-bond acceptors (Lipinski definition) is 4. The molecule has 2 aliphatic rings. The topological polar surface area (TPSA) is 42.3 Å². The summed E-state index contributed by atoms with van der Waals surface area (Å²) < 4.78 is 9.61. The van der Waals surface area contributed by atoms with Crippen molar-refractivity contribution in [2.45, 2.75) is 45.4 Å². The molecule has 1 N–H and O–H groups in total. The quantitative estimate of drug-likeness (QED) is 0.146. The van der Waals surface area contributed by atoms with Crippen LogP contribution in [0.2, 0.25) is 0 Å². The van der Waals surface area contributed by atoms with E-state index >= 15 is 0 Å². The number of hydrogen-bond donors (Lipinski definition) is 1. The van der Waals surface area contributed by atoms with E-state index < -0.39 is 8.07 Å². The summed E-state index contributed by atoms with van der Waals surface area (Å²) in [5, 5.41) is 12.2. The fraction of sp³-hybridized carbons (Fsp3) is 0.119. The monoisotopic (exact) mass is 960 g/mol. The molecule has 354 valence electrons. The second kappa shape index (κ2) is 16.8. The Morgan fingerprint density at radius 3 is 1.81 bits per heavy atom. The van der Waals surface area contributed by atoms with Gasteiger partial charge in [-0.2, -0.15) is 0 Å². The summed E-state index contributed by atoms with van der Waals surface area (Å²) in [7, 11) is -0.732. The molecule has 0 amide bonds. The van der Waals surface area contributed by atoms with E-state index in [0.717, 1.165) is 56.7 Å². The number of pyridine rings is 1. The molecular formula is C67H56N4OSi. The van der Waals surface area contributed by atoms with Crippen molar-refractivity contribution in [2.24, 2.45) is 0 Å². The fourth-order valence-electron chi connectivity index (χ4n) is 12.3. The van der Waals surface area contributed by atoms with Crippen LogP contribution in [0.3, 0.4) is 0 Å². The first-order valence-electron chi connectivity index (χ1n) is 25.4. The van der Waals surface area contributed by atoms with Gasteiger partial charge in [0.25, 0.3) is 0 Å². The third kappa shape index (κ3) is 6.92. The molecule has 5 nitrogen and oxygen atoms in total. The van der Waals surface area contributed by atoms with Crippen LogP contribution < -0.4 is 35.7 Å². The molecular weight excluding hydrogens is 905 g/mol. The van der Waals surface area contributed by atoms with Gasteiger partial charge in [0.2, 0.25) is 0 Å². The Kier molecular flexibility index (Phi) is 10.3. The van der Waals surface area contributed by atoms with Crippen molar-refractivity contribution in [3.05, 3.63) is 241 Å². The van der Waals surface area contributed by atoms with E-state index in [2.05, 4.69) is 275 Å². The second-order valence-electron chi connectivity index (χ2n) is 21.3. The molecule has 0 unspecified atom stereocenters. The summed E-state index contributed by atoms with van der Waals surface area (Å²) in [6, 6.07) is 79.5. The fourth-order valence-corrected chi connectivity index (χ4v) is 18.3. The lowest BCUT2D eigenvalue weighted by atomic mass is 9.77. The molecule has 1 spiro atoms.